The number of hydrogen-bond donors (Lipinski definition) is 2. The first-order chi connectivity index (χ1) is 13.1. The van der Waals surface area contributed by atoms with Gasteiger partial charge in [-0.2, -0.15) is 0 Å². The number of pyridine rings is 1. The molecule has 1 atom stereocenters. The van der Waals surface area contributed by atoms with Crippen LogP contribution in [0.25, 0.3) is 0 Å². The number of benzene rings is 1. The number of urea groups is 1. The monoisotopic (exact) mass is 369 g/mol. The Balaban J connectivity index is 1.81. The number of hydrogen-bond acceptors (Lipinski definition) is 4. The zero-order chi connectivity index (χ0) is 19.0. The fraction of sp³-hybridized carbons (Fsp3) is 0.400. The Labute approximate surface area is 158 Å². The lowest BCUT2D eigenvalue weighted by Gasteiger charge is -2.41. The molecule has 0 saturated carbocycles. The van der Waals surface area contributed by atoms with Crippen LogP contribution in [0.4, 0.5) is 26.4 Å². The zero-order valence-corrected chi connectivity index (χ0v) is 15.4. The Morgan fingerprint density at radius 2 is 2.19 bits per heavy atom. The lowest BCUT2D eigenvalue weighted by atomic mass is 10.0. The molecule has 1 aromatic heterocycles. The largest absolute Gasteiger partial charge is 0.384 e. The van der Waals surface area contributed by atoms with Gasteiger partial charge in [0.1, 0.15) is 11.6 Å². The molecule has 1 saturated heterocycles. The summed E-state index contributed by atoms with van der Waals surface area (Å²) in [4.78, 5) is 21.0. The van der Waals surface area contributed by atoms with Crippen molar-refractivity contribution >= 4 is 23.2 Å². The van der Waals surface area contributed by atoms with Gasteiger partial charge in [-0.25, -0.2) is 14.2 Å². The number of rotatable bonds is 2. The minimum Gasteiger partial charge on any atom is -0.384 e. The third-order valence-corrected chi connectivity index (χ3v) is 5.35. The van der Waals surface area contributed by atoms with Crippen molar-refractivity contribution in [2.45, 2.75) is 38.8 Å². The Morgan fingerprint density at radius 3 is 3.00 bits per heavy atom. The molecular formula is C20H24FN5O. The highest BCUT2D eigenvalue weighted by Crippen LogP contribution is 2.36. The molecule has 2 aliphatic heterocycles. The molecule has 1 aromatic carbocycles. The van der Waals surface area contributed by atoms with Crippen molar-refractivity contribution in [3.05, 3.63) is 47.4 Å². The second kappa shape index (κ2) is 7.15. The number of nitrogens with one attached hydrogen (secondary N) is 1. The average molecular weight is 369 g/mol. The average Bonchev–Trinajstić information content (AvgIpc) is 2.91. The summed E-state index contributed by atoms with van der Waals surface area (Å²) >= 11 is 0. The molecule has 6 nitrogen and oxygen atoms in total. The van der Waals surface area contributed by atoms with E-state index in [-0.39, 0.29) is 18.6 Å². The van der Waals surface area contributed by atoms with E-state index < -0.39 is 5.82 Å². The second-order valence-electron chi connectivity index (χ2n) is 7.24. The number of amides is 2. The summed E-state index contributed by atoms with van der Waals surface area (Å²) in [5.41, 5.74) is 8.62. The normalized spacial score (nSPS) is 20.4. The van der Waals surface area contributed by atoms with Gasteiger partial charge in [-0.3, -0.25) is 9.80 Å². The number of carbonyl (C=O) groups excluding carboxylic acids is 1. The predicted octanol–water partition coefficient (Wildman–Crippen LogP) is 3.20. The maximum atomic E-state index is 14.6. The van der Waals surface area contributed by atoms with Gasteiger partial charge in [-0.05, 0) is 37.9 Å². The van der Waals surface area contributed by atoms with Gasteiger partial charge in [0.25, 0.3) is 0 Å². The molecule has 4 rings (SSSR count). The summed E-state index contributed by atoms with van der Waals surface area (Å²) in [7, 11) is 0. The fourth-order valence-electron chi connectivity index (χ4n) is 4.02. The Morgan fingerprint density at radius 1 is 1.33 bits per heavy atom. The van der Waals surface area contributed by atoms with Crippen LogP contribution in [0, 0.1) is 12.7 Å². The third-order valence-electron chi connectivity index (χ3n) is 5.35. The van der Waals surface area contributed by atoms with E-state index in [2.05, 4.69) is 10.3 Å². The number of para-hydroxylation sites is 1. The smallest absolute Gasteiger partial charge is 0.329 e. The fourth-order valence-corrected chi connectivity index (χ4v) is 4.02. The summed E-state index contributed by atoms with van der Waals surface area (Å²) in [5.74, 6) is -0.0159. The number of aryl methyl sites for hydroxylation is 1. The molecule has 27 heavy (non-hydrogen) atoms. The van der Waals surface area contributed by atoms with E-state index in [4.69, 9.17) is 5.73 Å². The van der Waals surface area contributed by atoms with Crippen molar-refractivity contribution in [3.63, 3.8) is 0 Å². The van der Waals surface area contributed by atoms with Crippen molar-refractivity contribution in [1.29, 1.82) is 0 Å². The van der Waals surface area contributed by atoms with Crippen LogP contribution in [0.5, 0.6) is 0 Å². The maximum absolute atomic E-state index is 14.6. The van der Waals surface area contributed by atoms with Gasteiger partial charge in [0.15, 0.2) is 0 Å². The van der Waals surface area contributed by atoms with Crippen molar-refractivity contribution in [2.75, 3.05) is 28.6 Å². The predicted molar refractivity (Wildman–Crippen MR) is 104 cm³/mol. The first kappa shape index (κ1) is 17.7. The highest BCUT2D eigenvalue weighted by molar-refractivity contribution is 6.07. The molecule has 3 N–H and O–H groups in total. The highest BCUT2D eigenvalue weighted by atomic mass is 19.1. The molecule has 1 fully saturated rings. The van der Waals surface area contributed by atoms with Crippen LogP contribution in [-0.2, 0) is 6.54 Å². The molecular weight excluding hydrogens is 345 g/mol. The third kappa shape index (κ3) is 3.23. The number of nitrogens with zero attached hydrogens (tertiary/aromatic N) is 3. The van der Waals surface area contributed by atoms with Gasteiger partial charge in [0.05, 0.1) is 24.0 Å². The van der Waals surface area contributed by atoms with Gasteiger partial charge >= 0.3 is 6.03 Å². The molecule has 0 aliphatic carbocycles. The van der Waals surface area contributed by atoms with E-state index in [1.165, 1.54) is 11.0 Å². The van der Waals surface area contributed by atoms with E-state index in [9.17, 15) is 9.18 Å². The Hall–Kier alpha value is -2.67. The van der Waals surface area contributed by atoms with Crippen molar-refractivity contribution in [3.8, 4) is 0 Å². The molecule has 142 valence electrons. The van der Waals surface area contributed by atoms with Crippen LogP contribution in [0.15, 0.2) is 30.5 Å². The van der Waals surface area contributed by atoms with Gasteiger partial charge in [0, 0.05) is 24.4 Å². The first-order valence-electron chi connectivity index (χ1n) is 9.37. The molecule has 0 unspecified atom stereocenters. The minimum atomic E-state index is -0.394. The number of carbonyl (C=O) groups is 1. The lowest BCUT2D eigenvalue weighted by Crippen LogP contribution is -2.54. The van der Waals surface area contributed by atoms with Gasteiger partial charge in [-0.1, -0.05) is 18.6 Å². The van der Waals surface area contributed by atoms with Crippen molar-refractivity contribution in [1.82, 2.24) is 10.3 Å². The van der Waals surface area contributed by atoms with Crippen LogP contribution in [-0.4, -0.2) is 30.1 Å². The number of fused-ring (bicyclic) bond motifs is 1. The quantitative estimate of drug-likeness (QED) is 0.853. The van der Waals surface area contributed by atoms with E-state index >= 15 is 0 Å². The SMILES string of the molecule is Cc1cccc(F)c1N1Cc2cnc(N)cc2N([C@H]2CCCCNC2)C1=O. The molecule has 2 amide bonds. The highest BCUT2D eigenvalue weighted by Gasteiger charge is 2.37. The lowest BCUT2D eigenvalue weighted by molar-refractivity contribution is 0.247. The standard InChI is InChI=1S/C20H24FN5O/c1-13-5-4-7-16(21)19(13)25-12-14-10-24-18(22)9-17(14)26(20(25)27)15-6-2-3-8-23-11-15/h4-5,7,9-10,15,23H,2-3,6,8,11-12H2,1H3,(H2,22,24)/t15-/m0/s1. The molecule has 0 bridgehead atoms. The summed E-state index contributed by atoms with van der Waals surface area (Å²) in [6.07, 6.45) is 4.71. The molecule has 2 aromatic rings. The van der Waals surface area contributed by atoms with E-state index in [0.29, 0.717) is 18.1 Å². The van der Waals surface area contributed by atoms with Crippen molar-refractivity contribution < 1.29 is 9.18 Å². The maximum Gasteiger partial charge on any atom is 0.329 e. The number of anilines is 3. The second-order valence-corrected chi connectivity index (χ2v) is 7.24. The number of nitrogen functional groups attached to an aromatic ring is 1. The van der Waals surface area contributed by atoms with Crippen LogP contribution in [0.1, 0.15) is 30.4 Å². The number of nitrogens with two attached hydrogens (primary N) is 1. The number of aromatic nitrogens is 1. The molecule has 0 spiro atoms. The van der Waals surface area contributed by atoms with Crippen LogP contribution in [0.3, 0.4) is 0 Å². The molecule has 3 heterocycles. The Bertz CT molecular complexity index is 843. The van der Waals surface area contributed by atoms with Gasteiger partial charge < -0.3 is 11.1 Å². The molecule has 7 heteroatoms. The topological polar surface area (TPSA) is 74.5 Å². The summed E-state index contributed by atoms with van der Waals surface area (Å²) in [6.45, 7) is 3.75. The van der Waals surface area contributed by atoms with Gasteiger partial charge in [-0.15, -0.1) is 0 Å². The zero-order valence-electron chi connectivity index (χ0n) is 15.4. The van der Waals surface area contributed by atoms with Crippen LogP contribution < -0.4 is 20.9 Å². The van der Waals surface area contributed by atoms with E-state index in [0.717, 1.165) is 42.6 Å². The molecule has 2 aliphatic rings. The van der Waals surface area contributed by atoms with E-state index in [1.807, 2.05) is 13.0 Å². The summed E-state index contributed by atoms with van der Waals surface area (Å²) in [6, 6.07) is 6.41. The van der Waals surface area contributed by atoms with Crippen LogP contribution >= 0.6 is 0 Å². The van der Waals surface area contributed by atoms with Gasteiger partial charge in [0.2, 0.25) is 0 Å². The Kier molecular flexibility index (Phi) is 4.70. The van der Waals surface area contributed by atoms with Crippen LogP contribution in [0.2, 0.25) is 0 Å². The minimum absolute atomic E-state index is 0.00423. The number of halogens is 1. The summed E-state index contributed by atoms with van der Waals surface area (Å²) < 4.78 is 14.6. The van der Waals surface area contributed by atoms with E-state index in [1.54, 1.807) is 23.2 Å². The first-order valence-corrected chi connectivity index (χ1v) is 9.37. The van der Waals surface area contributed by atoms with Crippen molar-refractivity contribution in [2.24, 2.45) is 0 Å². The molecule has 0 radical (unpaired) electrons. The summed E-state index contributed by atoms with van der Waals surface area (Å²) in [5, 5.41) is 3.40.